The van der Waals surface area contributed by atoms with E-state index in [4.69, 9.17) is 15.2 Å². The predicted molar refractivity (Wildman–Crippen MR) is 85.7 cm³/mol. The van der Waals surface area contributed by atoms with Crippen molar-refractivity contribution in [3.05, 3.63) is 29.3 Å². The molecule has 1 saturated heterocycles. The highest BCUT2D eigenvalue weighted by molar-refractivity contribution is 5.38. The van der Waals surface area contributed by atoms with Crippen LogP contribution in [0.3, 0.4) is 0 Å². The van der Waals surface area contributed by atoms with Crippen LogP contribution < -0.4 is 10.5 Å². The zero-order chi connectivity index (χ0) is 15.2. The summed E-state index contributed by atoms with van der Waals surface area (Å²) in [6.07, 6.45) is 3.50. The third-order valence-corrected chi connectivity index (χ3v) is 4.37. The Morgan fingerprint density at radius 2 is 2.10 bits per heavy atom. The van der Waals surface area contributed by atoms with Gasteiger partial charge in [-0.2, -0.15) is 0 Å². The maximum atomic E-state index is 6.48. The first-order valence-electron chi connectivity index (χ1n) is 7.80. The Balaban J connectivity index is 2.27. The molecule has 1 aliphatic rings. The van der Waals surface area contributed by atoms with Gasteiger partial charge in [0.15, 0.2) is 0 Å². The fourth-order valence-electron chi connectivity index (χ4n) is 3.27. The van der Waals surface area contributed by atoms with Gasteiger partial charge in [-0.3, -0.25) is 4.90 Å². The van der Waals surface area contributed by atoms with Gasteiger partial charge in [0.1, 0.15) is 5.75 Å². The third-order valence-electron chi connectivity index (χ3n) is 4.37. The molecule has 1 aromatic carbocycles. The van der Waals surface area contributed by atoms with E-state index in [9.17, 15) is 0 Å². The summed E-state index contributed by atoms with van der Waals surface area (Å²) in [6, 6.07) is 6.87. The highest BCUT2D eigenvalue weighted by Crippen LogP contribution is 2.31. The number of ether oxygens (including phenoxy) is 2. The molecule has 0 spiro atoms. The van der Waals surface area contributed by atoms with Crippen LogP contribution in [-0.4, -0.2) is 44.9 Å². The maximum Gasteiger partial charge on any atom is 0.121 e. The first kappa shape index (κ1) is 16.3. The van der Waals surface area contributed by atoms with E-state index in [1.54, 1.807) is 14.2 Å². The summed E-state index contributed by atoms with van der Waals surface area (Å²) in [4.78, 5) is 2.47. The van der Waals surface area contributed by atoms with Crippen molar-refractivity contribution in [2.24, 2.45) is 5.73 Å². The Bertz CT molecular complexity index is 450. The van der Waals surface area contributed by atoms with Crippen LogP contribution in [0.15, 0.2) is 18.2 Å². The largest absolute Gasteiger partial charge is 0.496 e. The van der Waals surface area contributed by atoms with Crippen molar-refractivity contribution in [1.29, 1.82) is 0 Å². The second kappa shape index (κ2) is 7.78. The molecule has 0 amide bonds. The molecule has 4 nitrogen and oxygen atoms in total. The Morgan fingerprint density at radius 1 is 1.29 bits per heavy atom. The van der Waals surface area contributed by atoms with Crippen LogP contribution in [-0.2, 0) is 4.74 Å². The van der Waals surface area contributed by atoms with Crippen molar-refractivity contribution in [2.45, 2.75) is 38.3 Å². The van der Waals surface area contributed by atoms with Gasteiger partial charge in [-0.1, -0.05) is 18.6 Å². The summed E-state index contributed by atoms with van der Waals surface area (Å²) >= 11 is 0. The molecule has 0 radical (unpaired) electrons. The van der Waals surface area contributed by atoms with Crippen molar-refractivity contribution in [3.8, 4) is 5.75 Å². The number of hydrogen-bond donors (Lipinski definition) is 1. The molecule has 2 atom stereocenters. The van der Waals surface area contributed by atoms with Gasteiger partial charge in [-0.15, -0.1) is 0 Å². The van der Waals surface area contributed by atoms with Gasteiger partial charge in [-0.25, -0.2) is 0 Å². The summed E-state index contributed by atoms with van der Waals surface area (Å²) in [5, 5.41) is 0. The minimum atomic E-state index is 0.178. The van der Waals surface area contributed by atoms with Gasteiger partial charge in [0, 0.05) is 25.7 Å². The second-order valence-corrected chi connectivity index (χ2v) is 5.86. The van der Waals surface area contributed by atoms with Gasteiger partial charge in [0.25, 0.3) is 0 Å². The molecular weight excluding hydrogens is 264 g/mol. The molecule has 118 valence electrons. The third kappa shape index (κ3) is 3.96. The molecule has 0 aliphatic carbocycles. The molecule has 2 rings (SSSR count). The van der Waals surface area contributed by atoms with Crippen molar-refractivity contribution in [3.63, 3.8) is 0 Å². The van der Waals surface area contributed by atoms with Gasteiger partial charge in [0.05, 0.1) is 13.7 Å². The molecule has 2 N–H and O–H groups in total. The van der Waals surface area contributed by atoms with Crippen molar-refractivity contribution < 1.29 is 9.47 Å². The standard InChI is InChI=1S/C17H28N2O2/c1-13-12-14(7-8-16(13)21-3)17-15(18)6-4-5-9-19(17)10-11-20-2/h7-8,12,15,17H,4-6,9-11,18H2,1-3H3. The highest BCUT2D eigenvalue weighted by Gasteiger charge is 2.28. The van der Waals surface area contributed by atoms with Gasteiger partial charge >= 0.3 is 0 Å². The lowest BCUT2D eigenvalue weighted by molar-refractivity contribution is 0.115. The smallest absolute Gasteiger partial charge is 0.121 e. The SMILES string of the molecule is COCCN1CCCCC(N)C1c1ccc(OC)c(C)c1. The van der Waals surface area contributed by atoms with E-state index in [-0.39, 0.29) is 12.1 Å². The number of methoxy groups -OCH3 is 2. The minimum absolute atomic E-state index is 0.178. The molecule has 0 aromatic heterocycles. The maximum absolute atomic E-state index is 6.48. The number of benzene rings is 1. The topological polar surface area (TPSA) is 47.7 Å². The molecule has 1 aromatic rings. The summed E-state index contributed by atoms with van der Waals surface area (Å²) in [5.74, 6) is 0.935. The van der Waals surface area contributed by atoms with Crippen LogP contribution in [0.2, 0.25) is 0 Å². The summed E-state index contributed by atoms with van der Waals surface area (Å²) in [5.41, 5.74) is 8.94. The Kier molecular flexibility index (Phi) is 6.03. The van der Waals surface area contributed by atoms with Crippen LogP contribution in [0.1, 0.15) is 36.4 Å². The second-order valence-electron chi connectivity index (χ2n) is 5.86. The normalized spacial score (nSPS) is 23.8. The summed E-state index contributed by atoms with van der Waals surface area (Å²) in [6.45, 7) is 4.86. The fourth-order valence-corrected chi connectivity index (χ4v) is 3.27. The van der Waals surface area contributed by atoms with Crippen LogP contribution >= 0.6 is 0 Å². The molecule has 1 heterocycles. The molecule has 21 heavy (non-hydrogen) atoms. The Morgan fingerprint density at radius 3 is 2.76 bits per heavy atom. The molecule has 0 bridgehead atoms. The van der Waals surface area contributed by atoms with Crippen molar-refractivity contribution in [2.75, 3.05) is 33.9 Å². The minimum Gasteiger partial charge on any atom is -0.496 e. The van der Waals surface area contributed by atoms with E-state index in [0.717, 1.165) is 37.4 Å². The zero-order valence-electron chi connectivity index (χ0n) is 13.5. The van der Waals surface area contributed by atoms with Gasteiger partial charge < -0.3 is 15.2 Å². The molecular formula is C17H28N2O2. The van der Waals surface area contributed by atoms with E-state index < -0.39 is 0 Å². The molecule has 1 aliphatic heterocycles. The molecule has 2 unspecified atom stereocenters. The average molecular weight is 292 g/mol. The fraction of sp³-hybridized carbons (Fsp3) is 0.647. The van der Waals surface area contributed by atoms with Crippen LogP contribution in [0.4, 0.5) is 0 Å². The first-order chi connectivity index (χ1) is 10.2. The van der Waals surface area contributed by atoms with Gasteiger partial charge in [0.2, 0.25) is 0 Å². The molecule has 4 heteroatoms. The number of hydrogen-bond acceptors (Lipinski definition) is 4. The lowest BCUT2D eigenvalue weighted by atomic mass is 9.95. The number of likely N-dealkylation sites (tertiary alicyclic amines) is 1. The molecule has 0 saturated carbocycles. The van der Waals surface area contributed by atoms with Crippen LogP contribution in [0.5, 0.6) is 5.75 Å². The van der Waals surface area contributed by atoms with Gasteiger partial charge in [-0.05, 0) is 43.5 Å². The lowest BCUT2D eigenvalue weighted by Gasteiger charge is -2.34. The van der Waals surface area contributed by atoms with E-state index >= 15 is 0 Å². The van der Waals surface area contributed by atoms with Crippen molar-refractivity contribution >= 4 is 0 Å². The van der Waals surface area contributed by atoms with Crippen LogP contribution in [0.25, 0.3) is 0 Å². The van der Waals surface area contributed by atoms with E-state index in [1.807, 2.05) is 0 Å². The summed E-state index contributed by atoms with van der Waals surface area (Å²) < 4.78 is 10.6. The van der Waals surface area contributed by atoms with Crippen LogP contribution in [0, 0.1) is 6.92 Å². The van der Waals surface area contributed by atoms with E-state index in [2.05, 4.69) is 30.0 Å². The van der Waals surface area contributed by atoms with Crippen molar-refractivity contribution in [1.82, 2.24) is 4.90 Å². The number of rotatable bonds is 5. The Hall–Kier alpha value is -1.10. The predicted octanol–water partition coefficient (Wildman–Crippen LogP) is 2.50. The zero-order valence-corrected chi connectivity index (χ0v) is 13.5. The molecule has 1 fully saturated rings. The first-order valence-corrected chi connectivity index (χ1v) is 7.80. The number of nitrogens with two attached hydrogens (primary N) is 1. The quantitative estimate of drug-likeness (QED) is 0.906. The Labute approximate surface area is 128 Å². The monoisotopic (exact) mass is 292 g/mol. The lowest BCUT2D eigenvalue weighted by Crippen LogP contribution is -2.41. The average Bonchev–Trinajstić information content (AvgIpc) is 2.66. The number of nitrogens with zero attached hydrogens (tertiary/aromatic N) is 1. The summed E-state index contributed by atoms with van der Waals surface area (Å²) in [7, 11) is 3.47. The van der Waals surface area contributed by atoms with E-state index in [0.29, 0.717) is 0 Å². The van der Waals surface area contributed by atoms with E-state index in [1.165, 1.54) is 18.4 Å². The number of aryl methyl sites for hydroxylation is 1. The highest BCUT2D eigenvalue weighted by atomic mass is 16.5.